The third-order valence-corrected chi connectivity index (χ3v) is 4.36. The van der Waals surface area contributed by atoms with Crippen LogP contribution in [0.3, 0.4) is 0 Å². The molecule has 2 rings (SSSR count). The molecule has 2 aliphatic rings. The summed E-state index contributed by atoms with van der Waals surface area (Å²) in [7, 11) is 1.49. The Morgan fingerprint density at radius 1 is 1.11 bits per heavy atom. The van der Waals surface area contributed by atoms with Crippen molar-refractivity contribution in [2.45, 2.75) is 57.0 Å². The summed E-state index contributed by atoms with van der Waals surface area (Å²) in [6.07, 6.45) is 8.80. The Morgan fingerprint density at radius 3 is 2.33 bits per heavy atom. The number of hydrogen-bond donors (Lipinski definition) is 1. The Labute approximate surface area is 110 Å². The summed E-state index contributed by atoms with van der Waals surface area (Å²) in [6.45, 7) is 2.63. The second-order valence-electron chi connectivity index (χ2n) is 5.52. The first-order valence-corrected chi connectivity index (χ1v) is 7.34. The third kappa shape index (κ3) is 3.69. The molecule has 0 aromatic rings. The SMILES string of the molecule is COC(=O)CN(C1CCCCC1)C1CCNCC1. The van der Waals surface area contributed by atoms with E-state index < -0.39 is 0 Å². The Balaban J connectivity index is 1.97. The van der Waals surface area contributed by atoms with Crippen LogP contribution >= 0.6 is 0 Å². The first-order valence-electron chi connectivity index (χ1n) is 7.34. The molecule has 0 atom stereocenters. The van der Waals surface area contributed by atoms with Crippen molar-refractivity contribution >= 4 is 5.97 Å². The molecule has 1 saturated carbocycles. The second kappa shape index (κ2) is 7.10. The van der Waals surface area contributed by atoms with Gasteiger partial charge in [-0.25, -0.2) is 0 Å². The number of ether oxygens (including phenoxy) is 1. The molecule has 1 saturated heterocycles. The van der Waals surface area contributed by atoms with E-state index in [4.69, 9.17) is 4.74 Å². The number of nitrogens with one attached hydrogen (secondary N) is 1. The van der Waals surface area contributed by atoms with Crippen molar-refractivity contribution in [1.29, 1.82) is 0 Å². The summed E-state index contributed by atoms with van der Waals surface area (Å²) in [5.41, 5.74) is 0. The highest BCUT2D eigenvalue weighted by molar-refractivity contribution is 5.71. The van der Waals surface area contributed by atoms with Crippen molar-refractivity contribution in [3.63, 3.8) is 0 Å². The summed E-state index contributed by atoms with van der Waals surface area (Å²) >= 11 is 0. The molecule has 104 valence electrons. The molecular weight excluding hydrogens is 228 g/mol. The lowest BCUT2D eigenvalue weighted by Gasteiger charge is -2.41. The van der Waals surface area contributed by atoms with Gasteiger partial charge >= 0.3 is 5.97 Å². The molecule has 1 N–H and O–H groups in total. The van der Waals surface area contributed by atoms with E-state index in [1.54, 1.807) is 0 Å². The van der Waals surface area contributed by atoms with Crippen LogP contribution in [-0.2, 0) is 9.53 Å². The van der Waals surface area contributed by atoms with Crippen LogP contribution in [0.25, 0.3) is 0 Å². The highest BCUT2D eigenvalue weighted by Gasteiger charge is 2.30. The Bertz CT molecular complexity index is 241. The van der Waals surface area contributed by atoms with Gasteiger partial charge in [0.15, 0.2) is 0 Å². The van der Waals surface area contributed by atoms with Gasteiger partial charge in [0.05, 0.1) is 13.7 Å². The van der Waals surface area contributed by atoms with Crippen LogP contribution in [0.5, 0.6) is 0 Å². The van der Waals surface area contributed by atoms with Gasteiger partial charge in [0, 0.05) is 12.1 Å². The lowest BCUT2D eigenvalue weighted by atomic mass is 9.91. The quantitative estimate of drug-likeness (QED) is 0.773. The molecule has 18 heavy (non-hydrogen) atoms. The van der Waals surface area contributed by atoms with Crippen molar-refractivity contribution in [3.05, 3.63) is 0 Å². The maximum absolute atomic E-state index is 11.6. The summed E-state index contributed by atoms with van der Waals surface area (Å²) < 4.78 is 4.87. The smallest absolute Gasteiger partial charge is 0.319 e. The molecule has 0 aromatic heterocycles. The number of nitrogens with zero attached hydrogens (tertiary/aromatic N) is 1. The van der Waals surface area contributed by atoms with Crippen LogP contribution in [-0.4, -0.2) is 49.7 Å². The number of hydrogen-bond acceptors (Lipinski definition) is 4. The fraction of sp³-hybridized carbons (Fsp3) is 0.929. The van der Waals surface area contributed by atoms with Gasteiger partial charge in [0.1, 0.15) is 0 Å². The molecule has 2 fully saturated rings. The average Bonchev–Trinajstić information content (AvgIpc) is 2.46. The minimum atomic E-state index is -0.0842. The third-order valence-electron chi connectivity index (χ3n) is 4.36. The highest BCUT2D eigenvalue weighted by atomic mass is 16.5. The molecule has 1 aliphatic heterocycles. The number of esters is 1. The summed E-state index contributed by atoms with van der Waals surface area (Å²) in [4.78, 5) is 14.1. The van der Waals surface area contributed by atoms with Gasteiger partial charge in [0.2, 0.25) is 0 Å². The molecule has 0 bridgehead atoms. The summed E-state index contributed by atoms with van der Waals surface area (Å²) in [6, 6.07) is 1.16. The van der Waals surface area contributed by atoms with Gasteiger partial charge in [-0.1, -0.05) is 19.3 Å². The Hall–Kier alpha value is -0.610. The van der Waals surface area contributed by atoms with Gasteiger partial charge in [-0.3, -0.25) is 9.69 Å². The molecule has 0 amide bonds. The monoisotopic (exact) mass is 254 g/mol. The van der Waals surface area contributed by atoms with E-state index in [2.05, 4.69) is 10.2 Å². The fourth-order valence-electron chi connectivity index (χ4n) is 3.32. The first-order chi connectivity index (χ1) is 8.81. The van der Waals surface area contributed by atoms with Gasteiger partial charge in [-0.2, -0.15) is 0 Å². The molecular formula is C14H26N2O2. The van der Waals surface area contributed by atoms with Crippen molar-refractivity contribution in [2.75, 3.05) is 26.7 Å². The highest BCUT2D eigenvalue weighted by Crippen LogP contribution is 2.26. The van der Waals surface area contributed by atoms with Crippen molar-refractivity contribution < 1.29 is 9.53 Å². The van der Waals surface area contributed by atoms with Crippen LogP contribution in [0.15, 0.2) is 0 Å². The molecule has 0 aromatic carbocycles. The van der Waals surface area contributed by atoms with E-state index >= 15 is 0 Å². The summed E-state index contributed by atoms with van der Waals surface area (Å²) in [5, 5.41) is 3.40. The van der Waals surface area contributed by atoms with E-state index in [0.29, 0.717) is 18.6 Å². The number of methoxy groups -OCH3 is 1. The summed E-state index contributed by atoms with van der Waals surface area (Å²) in [5.74, 6) is -0.0842. The zero-order valence-electron chi connectivity index (χ0n) is 11.5. The predicted octanol–water partition coefficient (Wildman–Crippen LogP) is 1.55. The standard InChI is InChI=1S/C14H26N2O2/c1-18-14(17)11-16(12-5-3-2-4-6-12)13-7-9-15-10-8-13/h12-13,15H,2-11H2,1H3. The first kappa shape index (κ1) is 13.8. The molecule has 4 nitrogen and oxygen atoms in total. The largest absolute Gasteiger partial charge is 0.468 e. The zero-order chi connectivity index (χ0) is 12.8. The lowest BCUT2D eigenvalue weighted by molar-refractivity contribution is -0.143. The molecule has 4 heteroatoms. The van der Waals surface area contributed by atoms with Crippen molar-refractivity contribution in [2.24, 2.45) is 0 Å². The van der Waals surface area contributed by atoms with Crippen LogP contribution in [0, 0.1) is 0 Å². The van der Waals surface area contributed by atoms with E-state index in [9.17, 15) is 4.79 Å². The average molecular weight is 254 g/mol. The predicted molar refractivity (Wildman–Crippen MR) is 71.5 cm³/mol. The Kier molecular flexibility index (Phi) is 5.45. The second-order valence-corrected chi connectivity index (χ2v) is 5.52. The Morgan fingerprint density at radius 2 is 1.72 bits per heavy atom. The lowest BCUT2D eigenvalue weighted by Crippen LogP contribution is -2.50. The van der Waals surface area contributed by atoms with E-state index in [1.807, 2.05) is 0 Å². The van der Waals surface area contributed by atoms with E-state index in [1.165, 1.54) is 39.2 Å². The topological polar surface area (TPSA) is 41.6 Å². The van der Waals surface area contributed by atoms with Gasteiger partial charge in [-0.05, 0) is 38.8 Å². The maximum atomic E-state index is 11.6. The minimum Gasteiger partial charge on any atom is -0.468 e. The molecule has 1 heterocycles. The van der Waals surface area contributed by atoms with Gasteiger partial charge in [-0.15, -0.1) is 0 Å². The fourth-order valence-corrected chi connectivity index (χ4v) is 3.32. The van der Waals surface area contributed by atoms with Gasteiger partial charge in [0.25, 0.3) is 0 Å². The number of rotatable bonds is 4. The van der Waals surface area contributed by atoms with E-state index in [0.717, 1.165) is 25.9 Å². The minimum absolute atomic E-state index is 0.0842. The molecule has 0 unspecified atom stereocenters. The van der Waals surface area contributed by atoms with Crippen LogP contribution in [0.2, 0.25) is 0 Å². The van der Waals surface area contributed by atoms with Crippen molar-refractivity contribution in [1.82, 2.24) is 10.2 Å². The molecule has 0 spiro atoms. The van der Waals surface area contributed by atoms with Crippen molar-refractivity contribution in [3.8, 4) is 0 Å². The number of carbonyl (C=O) groups excluding carboxylic acids is 1. The molecule has 1 aliphatic carbocycles. The maximum Gasteiger partial charge on any atom is 0.319 e. The molecule has 0 radical (unpaired) electrons. The number of piperidine rings is 1. The zero-order valence-corrected chi connectivity index (χ0v) is 11.5. The van der Waals surface area contributed by atoms with Crippen LogP contribution < -0.4 is 5.32 Å². The van der Waals surface area contributed by atoms with Crippen LogP contribution in [0.4, 0.5) is 0 Å². The van der Waals surface area contributed by atoms with Gasteiger partial charge < -0.3 is 10.1 Å². The van der Waals surface area contributed by atoms with Crippen LogP contribution in [0.1, 0.15) is 44.9 Å². The normalized spacial score (nSPS) is 23.2. The van der Waals surface area contributed by atoms with E-state index in [-0.39, 0.29) is 5.97 Å². The number of carbonyl (C=O) groups is 1.